The number of aromatic nitrogens is 4. The monoisotopic (exact) mass is 327 g/mol. The molecule has 1 aliphatic rings. The van der Waals surface area contributed by atoms with Crippen molar-refractivity contribution in [3.05, 3.63) is 41.4 Å². The van der Waals surface area contributed by atoms with Crippen LogP contribution in [0.4, 0.5) is 11.5 Å². The van der Waals surface area contributed by atoms with Crippen molar-refractivity contribution in [2.75, 3.05) is 11.4 Å². The van der Waals surface area contributed by atoms with Crippen molar-refractivity contribution in [3.63, 3.8) is 0 Å². The number of fused-ring (bicyclic) bond motifs is 2. The van der Waals surface area contributed by atoms with E-state index in [1.165, 1.54) is 12.5 Å². The highest BCUT2D eigenvalue weighted by Gasteiger charge is 2.25. The largest absolute Gasteiger partial charge is 0.324 e. The number of nitrogens with zero attached hydrogens (tertiary/aromatic N) is 5. The molecule has 0 saturated heterocycles. The van der Waals surface area contributed by atoms with Crippen LogP contribution in [0, 0.1) is 0 Å². The molecule has 6 nitrogen and oxygen atoms in total. The van der Waals surface area contributed by atoms with Crippen molar-refractivity contribution in [2.45, 2.75) is 19.9 Å². The highest BCUT2D eigenvalue weighted by atomic mass is 35.5. The third kappa shape index (κ3) is 2.35. The topological polar surface area (TPSA) is 63.9 Å². The Hall–Kier alpha value is -2.47. The van der Waals surface area contributed by atoms with Crippen LogP contribution in [0.15, 0.2) is 30.6 Å². The standard InChI is InChI=1S/C16H14ClN5O/c1-10(23)8-21-9-18-13-14(21)19-16(17)20-15(13)22-7-6-11-4-2-3-5-12(11)22/h2-5,9H,6-8H2,1H3. The molecule has 2 aromatic heterocycles. The maximum absolute atomic E-state index is 11.4. The summed E-state index contributed by atoms with van der Waals surface area (Å²) in [6.07, 6.45) is 2.57. The Kier molecular flexibility index (Phi) is 3.27. The second-order valence-corrected chi connectivity index (χ2v) is 5.93. The Balaban J connectivity index is 1.88. The van der Waals surface area contributed by atoms with Gasteiger partial charge in [-0.25, -0.2) is 4.98 Å². The Labute approximate surface area is 137 Å². The smallest absolute Gasteiger partial charge is 0.226 e. The molecular weight excluding hydrogens is 314 g/mol. The van der Waals surface area contributed by atoms with Gasteiger partial charge in [0.1, 0.15) is 5.78 Å². The molecule has 0 fully saturated rings. The van der Waals surface area contributed by atoms with E-state index in [9.17, 15) is 4.79 Å². The Morgan fingerprint density at radius 3 is 2.96 bits per heavy atom. The predicted octanol–water partition coefficient (Wildman–Crippen LogP) is 2.76. The van der Waals surface area contributed by atoms with Gasteiger partial charge in [0, 0.05) is 12.2 Å². The molecule has 3 aromatic rings. The molecule has 0 amide bonds. The van der Waals surface area contributed by atoms with Gasteiger partial charge in [0.15, 0.2) is 17.0 Å². The van der Waals surface area contributed by atoms with Crippen LogP contribution in [0.25, 0.3) is 11.2 Å². The third-order valence-corrected chi connectivity index (χ3v) is 4.12. The molecule has 116 valence electrons. The Bertz CT molecular complexity index is 920. The lowest BCUT2D eigenvalue weighted by atomic mass is 10.2. The number of Topliss-reactive ketones (excluding diaryl/α,β-unsaturated/α-hetero) is 1. The fraction of sp³-hybridized carbons (Fsp3) is 0.250. The van der Waals surface area contributed by atoms with E-state index in [1.54, 1.807) is 10.9 Å². The molecule has 7 heteroatoms. The van der Waals surface area contributed by atoms with Gasteiger partial charge in [0.05, 0.1) is 12.9 Å². The van der Waals surface area contributed by atoms with Gasteiger partial charge in [-0.3, -0.25) is 4.79 Å². The molecule has 0 N–H and O–H groups in total. The highest BCUT2D eigenvalue weighted by Crippen LogP contribution is 2.36. The lowest BCUT2D eigenvalue weighted by molar-refractivity contribution is -0.117. The average Bonchev–Trinajstić information content (AvgIpc) is 3.11. The number of benzene rings is 1. The SMILES string of the molecule is CC(=O)Cn1cnc2c(N3CCc4ccccc43)nc(Cl)nc21. The molecule has 3 heterocycles. The van der Waals surface area contributed by atoms with Crippen molar-refractivity contribution in [2.24, 2.45) is 0 Å². The van der Waals surface area contributed by atoms with Gasteiger partial charge in [-0.2, -0.15) is 9.97 Å². The van der Waals surface area contributed by atoms with Crippen molar-refractivity contribution in [3.8, 4) is 0 Å². The van der Waals surface area contributed by atoms with Crippen molar-refractivity contribution in [1.29, 1.82) is 0 Å². The molecule has 0 spiro atoms. The number of carbonyl (C=O) groups is 1. The van der Waals surface area contributed by atoms with Gasteiger partial charge >= 0.3 is 0 Å². The zero-order valence-corrected chi connectivity index (χ0v) is 13.3. The molecule has 0 unspecified atom stereocenters. The summed E-state index contributed by atoms with van der Waals surface area (Å²) in [4.78, 5) is 26.6. The van der Waals surface area contributed by atoms with E-state index >= 15 is 0 Å². The molecule has 1 aliphatic heterocycles. The van der Waals surface area contributed by atoms with Crippen LogP contribution in [0.3, 0.4) is 0 Å². The van der Waals surface area contributed by atoms with Crippen LogP contribution in [0.1, 0.15) is 12.5 Å². The summed E-state index contributed by atoms with van der Waals surface area (Å²) in [5.41, 5.74) is 3.63. The van der Waals surface area contributed by atoms with Crippen molar-refractivity contribution in [1.82, 2.24) is 19.5 Å². The molecule has 1 aromatic carbocycles. The van der Waals surface area contributed by atoms with Crippen LogP contribution in [-0.4, -0.2) is 31.8 Å². The van der Waals surface area contributed by atoms with Crippen LogP contribution < -0.4 is 4.90 Å². The van der Waals surface area contributed by atoms with E-state index in [2.05, 4.69) is 32.0 Å². The maximum Gasteiger partial charge on any atom is 0.226 e. The Morgan fingerprint density at radius 1 is 1.30 bits per heavy atom. The molecule has 0 bridgehead atoms. The first-order chi connectivity index (χ1) is 11.1. The number of hydrogen-bond donors (Lipinski definition) is 0. The van der Waals surface area contributed by atoms with Gasteiger partial charge in [-0.1, -0.05) is 18.2 Å². The minimum absolute atomic E-state index is 0.0344. The molecule has 0 aliphatic carbocycles. The summed E-state index contributed by atoms with van der Waals surface area (Å²) >= 11 is 6.12. The number of carbonyl (C=O) groups excluding carboxylic acids is 1. The quantitative estimate of drug-likeness (QED) is 0.692. The summed E-state index contributed by atoms with van der Waals surface area (Å²) < 4.78 is 1.71. The van der Waals surface area contributed by atoms with E-state index < -0.39 is 0 Å². The maximum atomic E-state index is 11.4. The average molecular weight is 328 g/mol. The van der Waals surface area contributed by atoms with E-state index in [1.807, 2.05) is 12.1 Å². The number of anilines is 2. The van der Waals surface area contributed by atoms with Gasteiger partial charge in [-0.15, -0.1) is 0 Å². The predicted molar refractivity (Wildman–Crippen MR) is 88.2 cm³/mol. The third-order valence-electron chi connectivity index (χ3n) is 3.95. The minimum atomic E-state index is 0.0344. The van der Waals surface area contributed by atoms with Gasteiger partial charge in [0.2, 0.25) is 5.28 Å². The molecular formula is C16H14ClN5O. The van der Waals surface area contributed by atoms with Gasteiger partial charge < -0.3 is 9.47 Å². The van der Waals surface area contributed by atoms with Crippen LogP contribution in [-0.2, 0) is 17.8 Å². The summed E-state index contributed by atoms with van der Waals surface area (Å²) in [7, 11) is 0. The number of imidazole rings is 1. The number of hydrogen-bond acceptors (Lipinski definition) is 5. The van der Waals surface area contributed by atoms with Crippen LogP contribution in [0.5, 0.6) is 0 Å². The number of rotatable bonds is 3. The van der Waals surface area contributed by atoms with Crippen LogP contribution in [0.2, 0.25) is 5.28 Å². The lowest BCUT2D eigenvalue weighted by Crippen LogP contribution is -2.16. The summed E-state index contributed by atoms with van der Waals surface area (Å²) in [5.74, 6) is 0.722. The molecule has 23 heavy (non-hydrogen) atoms. The number of ketones is 1. The summed E-state index contributed by atoms with van der Waals surface area (Å²) in [6.45, 7) is 2.58. The van der Waals surface area contributed by atoms with Gasteiger partial charge in [-0.05, 0) is 36.6 Å². The fourth-order valence-corrected chi connectivity index (χ4v) is 3.17. The van der Waals surface area contributed by atoms with Crippen molar-refractivity contribution < 1.29 is 4.79 Å². The normalized spacial score (nSPS) is 13.6. The zero-order chi connectivity index (χ0) is 16.0. The van der Waals surface area contributed by atoms with Crippen molar-refractivity contribution >= 4 is 40.1 Å². The molecule has 0 radical (unpaired) electrons. The minimum Gasteiger partial charge on any atom is -0.324 e. The number of halogens is 1. The Morgan fingerprint density at radius 2 is 2.13 bits per heavy atom. The zero-order valence-electron chi connectivity index (χ0n) is 12.5. The summed E-state index contributed by atoms with van der Waals surface area (Å²) in [5, 5.41) is 0.155. The highest BCUT2D eigenvalue weighted by molar-refractivity contribution is 6.28. The fourth-order valence-electron chi connectivity index (χ4n) is 3.01. The first kappa shape index (κ1) is 14.1. The molecule has 0 atom stereocenters. The second kappa shape index (κ2) is 5.31. The van der Waals surface area contributed by atoms with E-state index in [0.29, 0.717) is 17.0 Å². The molecule has 4 rings (SSSR count). The summed E-state index contributed by atoms with van der Waals surface area (Å²) in [6, 6.07) is 8.22. The van der Waals surface area contributed by atoms with Gasteiger partial charge in [0.25, 0.3) is 0 Å². The number of para-hydroxylation sites is 1. The molecule has 0 saturated carbocycles. The lowest BCUT2D eigenvalue weighted by Gasteiger charge is -2.18. The first-order valence-corrected chi connectivity index (χ1v) is 7.74. The van der Waals surface area contributed by atoms with E-state index in [0.717, 1.165) is 18.7 Å². The second-order valence-electron chi connectivity index (χ2n) is 5.59. The first-order valence-electron chi connectivity index (χ1n) is 7.37. The van der Waals surface area contributed by atoms with E-state index in [-0.39, 0.29) is 17.6 Å². The van der Waals surface area contributed by atoms with Crippen LogP contribution >= 0.6 is 11.6 Å². The van der Waals surface area contributed by atoms with E-state index in [4.69, 9.17) is 11.6 Å².